The highest BCUT2D eigenvalue weighted by atomic mass is 35.5. The van der Waals surface area contributed by atoms with E-state index in [0.717, 1.165) is 11.6 Å². The van der Waals surface area contributed by atoms with E-state index >= 15 is 0 Å². The number of aromatic nitrogens is 4. The molecular formula is C11H15ClN6S. The number of thiazole rings is 1. The first-order valence-corrected chi connectivity index (χ1v) is 7.10. The second-order valence-corrected chi connectivity index (χ2v) is 5.60. The van der Waals surface area contributed by atoms with Crippen molar-refractivity contribution in [2.75, 3.05) is 17.2 Å². The monoisotopic (exact) mass is 298 g/mol. The summed E-state index contributed by atoms with van der Waals surface area (Å²) in [6, 6.07) is 0. The molecule has 0 aromatic carbocycles. The van der Waals surface area contributed by atoms with Gasteiger partial charge in [-0.3, -0.25) is 0 Å². The van der Waals surface area contributed by atoms with Gasteiger partial charge < -0.3 is 10.6 Å². The second-order valence-electron chi connectivity index (χ2n) is 4.37. The Morgan fingerprint density at radius 2 is 2.00 bits per heavy atom. The molecule has 0 radical (unpaired) electrons. The molecule has 0 aliphatic carbocycles. The van der Waals surface area contributed by atoms with Gasteiger partial charge in [-0.15, -0.1) is 11.3 Å². The molecule has 0 unspecified atom stereocenters. The minimum Gasteiger partial charge on any atom is -0.354 e. The number of hydrogen-bond acceptors (Lipinski definition) is 7. The average molecular weight is 299 g/mol. The van der Waals surface area contributed by atoms with Crippen LogP contribution < -0.4 is 10.6 Å². The molecule has 8 heteroatoms. The van der Waals surface area contributed by atoms with Crippen molar-refractivity contribution in [1.29, 1.82) is 0 Å². The van der Waals surface area contributed by atoms with E-state index < -0.39 is 0 Å². The molecule has 0 aliphatic heterocycles. The maximum Gasteiger partial charge on any atom is 0.229 e. The van der Waals surface area contributed by atoms with Gasteiger partial charge in [-0.1, -0.05) is 0 Å². The van der Waals surface area contributed by atoms with Crippen LogP contribution >= 0.6 is 22.9 Å². The molecule has 0 spiro atoms. The molecular weight excluding hydrogens is 284 g/mol. The fourth-order valence-electron chi connectivity index (χ4n) is 1.51. The van der Waals surface area contributed by atoms with Crippen LogP contribution in [0.4, 0.5) is 11.9 Å². The van der Waals surface area contributed by atoms with Gasteiger partial charge >= 0.3 is 0 Å². The van der Waals surface area contributed by atoms with E-state index in [1.165, 1.54) is 0 Å². The molecule has 2 heterocycles. The number of anilines is 2. The van der Waals surface area contributed by atoms with E-state index in [9.17, 15) is 0 Å². The molecule has 0 bridgehead atoms. The fourth-order valence-corrected chi connectivity index (χ4v) is 2.39. The number of nitrogens with zero attached hydrogens (tertiary/aromatic N) is 4. The van der Waals surface area contributed by atoms with Crippen molar-refractivity contribution < 1.29 is 0 Å². The van der Waals surface area contributed by atoms with Gasteiger partial charge in [0.05, 0.1) is 5.54 Å². The van der Waals surface area contributed by atoms with Gasteiger partial charge in [0, 0.05) is 18.1 Å². The zero-order chi connectivity index (χ0) is 13.9. The van der Waals surface area contributed by atoms with Crippen molar-refractivity contribution in [1.82, 2.24) is 19.9 Å². The Hall–Kier alpha value is -1.47. The molecule has 102 valence electrons. The number of halogens is 1. The van der Waals surface area contributed by atoms with Crippen molar-refractivity contribution in [3.05, 3.63) is 21.9 Å². The molecule has 0 saturated heterocycles. The van der Waals surface area contributed by atoms with Gasteiger partial charge in [-0.25, -0.2) is 4.98 Å². The summed E-state index contributed by atoms with van der Waals surface area (Å²) in [6.45, 7) is 6.70. The van der Waals surface area contributed by atoms with E-state index in [2.05, 4.69) is 30.6 Å². The summed E-state index contributed by atoms with van der Waals surface area (Å²) in [5, 5.41) is 9.27. The minimum absolute atomic E-state index is 0.156. The third kappa shape index (κ3) is 3.51. The largest absolute Gasteiger partial charge is 0.354 e. The highest BCUT2D eigenvalue weighted by Crippen LogP contribution is 2.26. The summed E-state index contributed by atoms with van der Waals surface area (Å²) in [6.07, 6.45) is 1.77. The Labute approximate surface area is 120 Å². The maximum atomic E-state index is 5.88. The molecule has 2 aromatic heterocycles. The molecule has 2 rings (SSSR count). The van der Waals surface area contributed by atoms with Crippen LogP contribution in [-0.4, -0.2) is 26.5 Å². The van der Waals surface area contributed by atoms with Crippen LogP contribution in [0.25, 0.3) is 0 Å². The Balaban J connectivity index is 2.23. The maximum absolute atomic E-state index is 5.88. The topological polar surface area (TPSA) is 75.6 Å². The van der Waals surface area contributed by atoms with Gasteiger partial charge in [-0.05, 0) is 32.4 Å². The Morgan fingerprint density at radius 3 is 2.63 bits per heavy atom. The Morgan fingerprint density at radius 1 is 1.26 bits per heavy atom. The zero-order valence-electron chi connectivity index (χ0n) is 10.9. The third-order valence-corrected chi connectivity index (χ3v) is 3.60. The summed E-state index contributed by atoms with van der Waals surface area (Å²) < 4.78 is 0. The molecule has 0 fully saturated rings. The van der Waals surface area contributed by atoms with Crippen LogP contribution in [0.2, 0.25) is 5.28 Å². The first kappa shape index (κ1) is 14.0. The lowest BCUT2D eigenvalue weighted by Gasteiger charge is -2.23. The van der Waals surface area contributed by atoms with Crippen LogP contribution in [0.1, 0.15) is 25.8 Å². The van der Waals surface area contributed by atoms with Crippen LogP contribution in [0.15, 0.2) is 11.6 Å². The highest BCUT2D eigenvalue weighted by Gasteiger charge is 2.24. The van der Waals surface area contributed by atoms with Gasteiger partial charge in [0.1, 0.15) is 5.01 Å². The molecule has 2 aromatic rings. The van der Waals surface area contributed by atoms with E-state index in [4.69, 9.17) is 11.6 Å². The molecule has 0 saturated carbocycles. The van der Waals surface area contributed by atoms with Gasteiger partial charge in [0.25, 0.3) is 0 Å². The smallest absolute Gasteiger partial charge is 0.229 e. The number of hydrogen-bond donors (Lipinski definition) is 2. The van der Waals surface area contributed by atoms with Crippen molar-refractivity contribution in [3.63, 3.8) is 0 Å². The van der Waals surface area contributed by atoms with Gasteiger partial charge in [0.2, 0.25) is 17.2 Å². The van der Waals surface area contributed by atoms with Gasteiger partial charge in [0.15, 0.2) is 0 Å². The van der Waals surface area contributed by atoms with Crippen LogP contribution in [0.3, 0.4) is 0 Å². The van der Waals surface area contributed by atoms with Crippen LogP contribution in [0.5, 0.6) is 0 Å². The quantitative estimate of drug-likeness (QED) is 0.884. The van der Waals surface area contributed by atoms with Crippen LogP contribution in [-0.2, 0) is 5.54 Å². The summed E-state index contributed by atoms with van der Waals surface area (Å²) in [5.74, 6) is 0.885. The van der Waals surface area contributed by atoms with E-state index in [1.54, 1.807) is 17.5 Å². The molecule has 0 aliphatic rings. The van der Waals surface area contributed by atoms with E-state index in [0.29, 0.717) is 11.9 Å². The summed E-state index contributed by atoms with van der Waals surface area (Å²) >= 11 is 7.46. The Bertz CT molecular complexity index is 542. The lowest BCUT2D eigenvalue weighted by Crippen LogP contribution is -2.29. The molecule has 0 atom stereocenters. The molecule has 19 heavy (non-hydrogen) atoms. The van der Waals surface area contributed by atoms with Crippen molar-refractivity contribution in [2.24, 2.45) is 0 Å². The van der Waals surface area contributed by atoms with Gasteiger partial charge in [-0.2, -0.15) is 15.0 Å². The third-order valence-electron chi connectivity index (χ3n) is 2.33. The van der Waals surface area contributed by atoms with E-state index in [-0.39, 0.29) is 10.8 Å². The van der Waals surface area contributed by atoms with Crippen molar-refractivity contribution >= 4 is 34.8 Å². The molecule has 2 N–H and O–H groups in total. The molecule has 6 nitrogen and oxygen atoms in total. The first-order valence-electron chi connectivity index (χ1n) is 5.85. The van der Waals surface area contributed by atoms with Crippen molar-refractivity contribution in [2.45, 2.75) is 26.3 Å². The summed E-state index contributed by atoms with van der Waals surface area (Å²) in [4.78, 5) is 16.6. The minimum atomic E-state index is -0.373. The normalized spacial score (nSPS) is 11.4. The predicted octanol–water partition coefficient (Wildman–Crippen LogP) is 2.76. The predicted molar refractivity (Wildman–Crippen MR) is 77.8 cm³/mol. The zero-order valence-corrected chi connectivity index (χ0v) is 12.5. The second kappa shape index (κ2) is 5.66. The average Bonchev–Trinajstić information content (AvgIpc) is 2.81. The van der Waals surface area contributed by atoms with E-state index in [1.807, 2.05) is 26.2 Å². The molecule has 0 amide bonds. The standard InChI is InChI=1S/C11H15ClN6S/c1-4-13-9-15-8(12)16-10(17-9)18-11(2,3)7-14-5-6-19-7/h5-6H,4H2,1-3H3,(H2,13,15,16,17,18). The highest BCUT2D eigenvalue weighted by molar-refractivity contribution is 7.09. The number of rotatable bonds is 5. The lowest BCUT2D eigenvalue weighted by molar-refractivity contribution is 0.596. The Kier molecular flexibility index (Phi) is 4.16. The van der Waals surface area contributed by atoms with Crippen LogP contribution in [0, 0.1) is 0 Å². The van der Waals surface area contributed by atoms with Crippen molar-refractivity contribution in [3.8, 4) is 0 Å². The SMILES string of the molecule is CCNc1nc(Cl)nc(NC(C)(C)c2nccs2)n1. The number of nitrogens with one attached hydrogen (secondary N) is 2. The summed E-state index contributed by atoms with van der Waals surface area (Å²) in [5.41, 5.74) is -0.373. The lowest BCUT2D eigenvalue weighted by atomic mass is 10.1. The summed E-state index contributed by atoms with van der Waals surface area (Å²) in [7, 11) is 0. The first-order chi connectivity index (χ1) is 9.01. The fraction of sp³-hybridized carbons (Fsp3) is 0.455.